The van der Waals surface area contributed by atoms with Gasteiger partial charge in [-0.2, -0.15) is 0 Å². The first-order valence-corrected chi connectivity index (χ1v) is 11.2. The van der Waals surface area contributed by atoms with E-state index in [2.05, 4.69) is 5.32 Å². The number of carbonyl (C=O) groups is 1. The fraction of sp³-hybridized carbons (Fsp3) is 0.316. The number of benzene rings is 2. The summed E-state index contributed by atoms with van der Waals surface area (Å²) in [5.74, 6) is 0.299. The standard InChI is InChI=1S/C19H22N2O3S2/c1-21(15-11-12-26(23,24)14-15)13-19(22)20-17-9-5-6-10-18(17)25-16-7-3-2-4-8-16/h2-10,15H,11-14H2,1H3,(H,20,22)/p+1/t15-/m1/s1. The van der Waals surface area contributed by atoms with Crippen LogP contribution in [-0.2, 0) is 14.6 Å². The number of nitrogens with one attached hydrogen (secondary N) is 2. The van der Waals surface area contributed by atoms with Crippen molar-refractivity contribution in [1.29, 1.82) is 0 Å². The van der Waals surface area contributed by atoms with Gasteiger partial charge in [0, 0.05) is 16.2 Å². The molecular formula is C19H23N2O3S2+. The molecule has 3 rings (SSSR count). The molecule has 5 nitrogen and oxygen atoms in total. The Balaban J connectivity index is 1.62. The third-order valence-electron chi connectivity index (χ3n) is 4.50. The first-order valence-electron chi connectivity index (χ1n) is 8.57. The van der Waals surface area contributed by atoms with Crippen molar-refractivity contribution >= 4 is 33.2 Å². The summed E-state index contributed by atoms with van der Waals surface area (Å²) in [6, 6.07) is 17.7. The van der Waals surface area contributed by atoms with E-state index in [4.69, 9.17) is 0 Å². The molecule has 0 spiro atoms. The molecule has 1 aliphatic rings. The van der Waals surface area contributed by atoms with Gasteiger partial charge in [-0.3, -0.25) is 4.79 Å². The maximum absolute atomic E-state index is 12.5. The lowest BCUT2D eigenvalue weighted by atomic mass is 10.2. The van der Waals surface area contributed by atoms with Crippen LogP contribution in [0, 0.1) is 0 Å². The smallest absolute Gasteiger partial charge is 0.279 e. The molecule has 2 N–H and O–H groups in total. The Bertz CT molecular complexity index is 869. The average molecular weight is 392 g/mol. The highest BCUT2D eigenvalue weighted by molar-refractivity contribution is 7.99. The number of rotatable bonds is 6. The third-order valence-corrected chi connectivity index (χ3v) is 7.35. The highest BCUT2D eigenvalue weighted by Gasteiger charge is 2.34. The Kier molecular flexibility index (Phi) is 6.01. The predicted molar refractivity (Wildman–Crippen MR) is 104 cm³/mol. The van der Waals surface area contributed by atoms with E-state index in [0.29, 0.717) is 6.42 Å². The van der Waals surface area contributed by atoms with Gasteiger partial charge in [-0.15, -0.1) is 0 Å². The normalized spacial score (nSPS) is 19.8. The second-order valence-electron chi connectivity index (χ2n) is 6.58. The van der Waals surface area contributed by atoms with Gasteiger partial charge in [0.2, 0.25) is 0 Å². The molecule has 2 aromatic carbocycles. The number of quaternary nitrogens is 1. The van der Waals surface area contributed by atoms with Crippen LogP contribution in [0.1, 0.15) is 6.42 Å². The maximum atomic E-state index is 12.5. The zero-order valence-corrected chi connectivity index (χ0v) is 16.3. The molecule has 26 heavy (non-hydrogen) atoms. The van der Waals surface area contributed by atoms with Gasteiger partial charge in [0.1, 0.15) is 11.8 Å². The van der Waals surface area contributed by atoms with E-state index in [-0.39, 0.29) is 30.0 Å². The van der Waals surface area contributed by atoms with Crippen LogP contribution in [-0.4, -0.2) is 45.5 Å². The molecule has 0 saturated carbocycles. The van der Waals surface area contributed by atoms with E-state index in [0.717, 1.165) is 20.4 Å². The number of hydrogen-bond acceptors (Lipinski definition) is 4. The Morgan fingerprint density at radius 1 is 1.15 bits per heavy atom. The monoisotopic (exact) mass is 391 g/mol. The van der Waals surface area contributed by atoms with Crippen molar-refractivity contribution in [1.82, 2.24) is 0 Å². The molecule has 1 fully saturated rings. The Hall–Kier alpha value is -1.83. The first kappa shape index (κ1) is 18.9. The zero-order chi connectivity index (χ0) is 18.6. The molecule has 1 unspecified atom stereocenters. The van der Waals surface area contributed by atoms with Crippen molar-refractivity contribution in [3.05, 3.63) is 54.6 Å². The number of anilines is 1. The second kappa shape index (κ2) is 8.24. The van der Waals surface area contributed by atoms with E-state index in [9.17, 15) is 13.2 Å². The number of para-hydroxylation sites is 1. The number of amides is 1. The Labute approximate surface area is 158 Å². The van der Waals surface area contributed by atoms with E-state index in [1.807, 2.05) is 61.6 Å². The lowest BCUT2D eigenvalue weighted by Crippen LogP contribution is -3.14. The highest BCUT2D eigenvalue weighted by atomic mass is 32.2. The predicted octanol–water partition coefficient (Wildman–Crippen LogP) is 1.48. The lowest BCUT2D eigenvalue weighted by molar-refractivity contribution is -0.894. The fourth-order valence-electron chi connectivity index (χ4n) is 3.05. The van der Waals surface area contributed by atoms with Crippen molar-refractivity contribution < 1.29 is 18.1 Å². The molecule has 1 amide bonds. The van der Waals surface area contributed by atoms with Crippen molar-refractivity contribution in [3.8, 4) is 0 Å². The summed E-state index contributed by atoms with van der Waals surface area (Å²) in [4.78, 5) is 15.5. The van der Waals surface area contributed by atoms with E-state index >= 15 is 0 Å². The summed E-state index contributed by atoms with van der Waals surface area (Å²) in [7, 11) is -1.05. The third kappa shape index (κ3) is 5.09. The van der Waals surface area contributed by atoms with Gasteiger partial charge in [-0.1, -0.05) is 42.1 Å². The quantitative estimate of drug-likeness (QED) is 0.783. The molecule has 1 heterocycles. The minimum atomic E-state index is -2.93. The summed E-state index contributed by atoms with van der Waals surface area (Å²) >= 11 is 1.60. The lowest BCUT2D eigenvalue weighted by Gasteiger charge is -2.20. The summed E-state index contributed by atoms with van der Waals surface area (Å²) in [6.07, 6.45) is 0.627. The van der Waals surface area contributed by atoms with Crippen LogP contribution >= 0.6 is 11.8 Å². The Morgan fingerprint density at radius 3 is 2.54 bits per heavy atom. The van der Waals surface area contributed by atoms with Gasteiger partial charge in [-0.25, -0.2) is 8.42 Å². The highest BCUT2D eigenvalue weighted by Crippen LogP contribution is 2.33. The van der Waals surface area contributed by atoms with Gasteiger partial charge in [0.15, 0.2) is 16.4 Å². The summed E-state index contributed by atoms with van der Waals surface area (Å²) in [5, 5.41) is 2.98. The van der Waals surface area contributed by atoms with Crippen LogP contribution < -0.4 is 10.2 Å². The van der Waals surface area contributed by atoms with Gasteiger partial charge >= 0.3 is 0 Å². The van der Waals surface area contributed by atoms with Gasteiger partial charge in [0.25, 0.3) is 5.91 Å². The van der Waals surface area contributed by atoms with Gasteiger partial charge in [-0.05, 0) is 24.3 Å². The van der Waals surface area contributed by atoms with Crippen molar-refractivity contribution in [2.75, 3.05) is 30.4 Å². The summed E-state index contributed by atoms with van der Waals surface area (Å²) < 4.78 is 23.2. The molecule has 2 atom stereocenters. The average Bonchev–Trinajstić information content (AvgIpc) is 2.98. The molecule has 7 heteroatoms. The SMILES string of the molecule is C[NH+](CC(=O)Nc1ccccc1Sc1ccccc1)[C@@H]1CCS(=O)(=O)C1. The molecule has 0 aromatic heterocycles. The zero-order valence-electron chi connectivity index (χ0n) is 14.6. The number of sulfone groups is 1. The van der Waals surface area contributed by atoms with Crippen LogP contribution in [0.2, 0.25) is 0 Å². The minimum Gasteiger partial charge on any atom is -0.326 e. The van der Waals surface area contributed by atoms with Gasteiger partial charge in [0.05, 0.1) is 18.5 Å². The van der Waals surface area contributed by atoms with Crippen LogP contribution in [0.15, 0.2) is 64.4 Å². The van der Waals surface area contributed by atoms with E-state index < -0.39 is 9.84 Å². The first-order chi connectivity index (χ1) is 12.4. The second-order valence-corrected chi connectivity index (χ2v) is 9.93. The van der Waals surface area contributed by atoms with E-state index in [1.54, 1.807) is 11.8 Å². The van der Waals surface area contributed by atoms with Crippen LogP contribution in [0.5, 0.6) is 0 Å². The molecule has 0 aliphatic carbocycles. The maximum Gasteiger partial charge on any atom is 0.279 e. The number of carbonyl (C=O) groups excluding carboxylic acids is 1. The number of likely N-dealkylation sites (N-methyl/N-ethyl adjacent to an activating group) is 1. The molecular weight excluding hydrogens is 368 g/mol. The van der Waals surface area contributed by atoms with Crippen molar-refractivity contribution in [2.24, 2.45) is 0 Å². The van der Waals surface area contributed by atoms with Crippen molar-refractivity contribution in [3.63, 3.8) is 0 Å². The van der Waals surface area contributed by atoms with Crippen LogP contribution in [0.4, 0.5) is 5.69 Å². The van der Waals surface area contributed by atoms with Gasteiger partial charge < -0.3 is 10.2 Å². The Morgan fingerprint density at radius 2 is 1.85 bits per heavy atom. The summed E-state index contributed by atoms with van der Waals surface area (Å²) in [5.41, 5.74) is 0.776. The van der Waals surface area contributed by atoms with E-state index in [1.165, 1.54) is 0 Å². The molecule has 0 radical (unpaired) electrons. The van der Waals surface area contributed by atoms with Crippen LogP contribution in [0.25, 0.3) is 0 Å². The minimum absolute atomic E-state index is 0.000289. The molecule has 1 aliphatic heterocycles. The van der Waals surface area contributed by atoms with Crippen LogP contribution in [0.3, 0.4) is 0 Å². The molecule has 0 bridgehead atoms. The van der Waals surface area contributed by atoms with Crippen molar-refractivity contribution in [2.45, 2.75) is 22.3 Å². The molecule has 2 aromatic rings. The molecule has 138 valence electrons. The fourth-order valence-corrected chi connectivity index (χ4v) is 5.85. The molecule has 1 saturated heterocycles. The largest absolute Gasteiger partial charge is 0.326 e. The summed E-state index contributed by atoms with van der Waals surface area (Å²) in [6.45, 7) is 0.254. The number of hydrogen-bond donors (Lipinski definition) is 2. The topological polar surface area (TPSA) is 67.7 Å².